The van der Waals surface area contributed by atoms with Gasteiger partial charge in [0.2, 0.25) is 5.91 Å². The number of carbonyl (C=O) groups is 1. The third kappa shape index (κ3) is 4.17. The molecule has 1 amide bonds. The first kappa shape index (κ1) is 18.9. The lowest BCUT2D eigenvalue weighted by Gasteiger charge is -2.40. The van der Waals surface area contributed by atoms with E-state index in [0.717, 1.165) is 56.6 Å². The van der Waals surface area contributed by atoms with E-state index in [2.05, 4.69) is 10.00 Å². The average Bonchev–Trinajstić information content (AvgIpc) is 3.28. The molecule has 5 nitrogen and oxygen atoms in total. The third-order valence-electron chi connectivity index (χ3n) is 5.99. The minimum absolute atomic E-state index is 0.0620. The highest BCUT2D eigenvalue weighted by atomic mass is 19.1. The lowest BCUT2D eigenvalue weighted by Crippen LogP contribution is -2.44. The molecule has 1 aromatic heterocycles. The predicted octanol–water partition coefficient (Wildman–Crippen LogP) is 3.09. The fraction of sp³-hybridized carbons (Fsp3) is 0.455. The molecule has 0 bridgehead atoms. The van der Waals surface area contributed by atoms with E-state index in [9.17, 15) is 9.18 Å². The Morgan fingerprint density at radius 3 is 2.89 bits per heavy atom. The number of halogens is 1. The Hall–Kier alpha value is -2.47. The smallest absolute Gasteiger partial charge is 0.246 e. The van der Waals surface area contributed by atoms with Crippen LogP contribution in [0.25, 0.3) is 6.08 Å². The largest absolute Gasteiger partial charge is 0.339 e. The second-order valence-corrected chi connectivity index (χ2v) is 8.20. The Morgan fingerprint density at radius 1 is 1.25 bits per heavy atom. The summed E-state index contributed by atoms with van der Waals surface area (Å²) in [5.41, 5.74) is 1.82. The molecule has 0 saturated carbocycles. The second kappa shape index (κ2) is 7.87. The number of aromatic nitrogens is 2. The maximum atomic E-state index is 14.0. The fourth-order valence-corrected chi connectivity index (χ4v) is 4.57. The first-order chi connectivity index (χ1) is 13.5. The van der Waals surface area contributed by atoms with Crippen LogP contribution in [0, 0.1) is 11.2 Å². The van der Waals surface area contributed by atoms with Crippen molar-refractivity contribution in [3.63, 3.8) is 0 Å². The number of rotatable bonds is 4. The fourth-order valence-electron chi connectivity index (χ4n) is 4.57. The summed E-state index contributed by atoms with van der Waals surface area (Å²) in [6.45, 7) is 4.15. The average molecular weight is 382 g/mol. The number of aryl methyl sites for hydroxylation is 1. The maximum Gasteiger partial charge on any atom is 0.246 e. The van der Waals surface area contributed by atoms with E-state index in [1.807, 2.05) is 36.4 Å². The highest BCUT2D eigenvalue weighted by Gasteiger charge is 2.42. The van der Waals surface area contributed by atoms with Gasteiger partial charge in [0.05, 0.1) is 6.20 Å². The van der Waals surface area contributed by atoms with Crippen LogP contribution in [0.15, 0.2) is 42.7 Å². The van der Waals surface area contributed by atoms with E-state index in [1.54, 1.807) is 23.0 Å². The predicted molar refractivity (Wildman–Crippen MR) is 107 cm³/mol. The Labute approximate surface area is 165 Å². The van der Waals surface area contributed by atoms with Gasteiger partial charge < -0.3 is 4.90 Å². The number of likely N-dealkylation sites (tertiary alicyclic amines) is 2. The molecule has 2 fully saturated rings. The summed E-state index contributed by atoms with van der Waals surface area (Å²) in [6.07, 6.45) is 10.4. The summed E-state index contributed by atoms with van der Waals surface area (Å²) in [5, 5.41) is 4.12. The summed E-state index contributed by atoms with van der Waals surface area (Å²) >= 11 is 0. The number of benzene rings is 1. The molecule has 2 aliphatic rings. The van der Waals surface area contributed by atoms with E-state index in [-0.39, 0.29) is 17.1 Å². The van der Waals surface area contributed by atoms with Crippen LogP contribution in [0.3, 0.4) is 0 Å². The Morgan fingerprint density at radius 2 is 2.11 bits per heavy atom. The van der Waals surface area contributed by atoms with Gasteiger partial charge in [0.15, 0.2) is 0 Å². The Balaban J connectivity index is 1.37. The van der Waals surface area contributed by atoms with Crippen LogP contribution in [0.5, 0.6) is 0 Å². The normalized spacial score (nSPS) is 23.1. The second-order valence-electron chi connectivity index (χ2n) is 8.20. The van der Waals surface area contributed by atoms with Crippen molar-refractivity contribution in [3.05, 3.63) is 59.7 Å². The van der Waals surface area contributed by atoms with Gasteiger partial charge in [0.25, 0.3) is 0 Å². The van der Waals surface area contributed by atoms with Crippen LogP contribution in [-0.4, -0.2) is 51.7 Å². The summed E-state index contributed by atoms with van der Waals surface area (Å²) in [4.78, 5) is 16.9. The zero-order valence-electron chi connectivity index (χ0n) is 16.4. The van der Waals surface area contributed by atoms with Crippen molar-refractivity contribution < 1.29 is 9.18 Å². The molecule has 2 saturated heterocycles. The van der Waals surface area contributed by atoms with Gasteiger partial charge in [0, 0.05) is 62.0 Å². The molecule has 0 aliphatic carbocycles. The van der Waals surface area contributed by atoms with Crippen LogP contribution in [0.1, 0.15) is 30.4 Å². The molecule has 1 atom stereocenters. The first-order valence-corrected chi connectivity index (χ1v) is 9.94. The molecule has 1 aromatic carbocycles. The maximum absolute atomic E-state index is 14.0. The van der Waals surface area contributed by atoms with Crippen molar-refractivity contribution in [2.45, 2.75) is 25.8 Å². The molecule has 6 heteroatoms. The first-order valence-electron chi connectivity index (χ1n) is 9.94. The van der Waals surface area contributed by atoms with Crippen molar-refractivity contribution in [3.8, 4) is 0 Å². The molecule has 3 heterocycles. The number of carbonyl (C=O) groups excluding carboxylic acids is 1. The standard InChI is InChI=1S/C22H27FN4O/c1-25-14-18(13-24-25)7-8-21(28)27-12-10-22(17-27)9-4-11-26(16-22)15-19-5-2-3-6-20(19)23/h2-3,5-8,13-14H,4,9-12,15-17H2,1H3/b8-7+/t22-/m0/s1. The summed E-state index contributed by atoms with van der Waals surface area (Å²) in [5.74, 6) is -0.0714. The van der Waals surface area contributed by atoms with Crippen LogP contribution in [-0.2, 0) is 18.4 Å². The zero-order valence-corrected chi connectivity index (χ0v) is 16.4. The van der Waals surface area contributed by atoms with Gasteiger partial charge in [-0.05, 0) is 37.9 Å². The van der Waals surface area contributed by atoms with Gasteiger partial charge in [-0.2, -0.15) is 5.10 Å². The third-order valence-corrected chi connectivity index (χ3v) is 5.99. The lowest BCUT2D eigenvalue weighted by atomic mass is 9.79. The van der Waals surface area contributed by atoms with Crippen LogP contribution < -0.4 is 0 Å². The molecule has 2 aliphatic heterocycles. The van der Waals surface area contributed by atoms with Crippen molar-refractivity contribution in [1.29, 1.82) is 0 Å². The summed E-state index contributed by atoms with van der Waals surface area (Å²) in [7, 11) is 1.86. The minimum atomic E-state index is -0.133. The Bertz CT molecular complexity index is 877. The molecular formula is C22H27FN4O. The monoisotopic (exact) mass is 382 g/mol. The van der Waals surface area contributed by atoms with Gasteiger partial charge in [0.1, 0.15) is 5.82 Å². The molecule has 148 valence electrons. The molecule has 1 spiro atoms. The molecule has 2 aromatic rings. The SMILES string of the molecule is Cn1cc(/C=C/C(=O)N2CC[C@]3(CCCN(Cc4ccccc4F)C3)C2)cn1. The zero-order chi connectivity index (χ0) is 19.6. The van der Waals surface area contributed by atoms with E-state index in [1.165, 1.54) is 6.07 Å². The van der Waals surface area contributed by atoms with Gasteiger partial charge in [-0.25, -0.2) is 4.39 Å². The molecule has 0 unspecified atom stereocenters. The molecule has 28 heavy (non-hydrogen) atoms. The number of hydrogen-bond acceptors (Lipinski definition) is 3. The van der Waals surface area contributed by atoms with Crippen molar-refractivity contribution in [2.75, 3.05) is 26.2 Å². The van der Waals surface area contributed by atoms with Crippen LogP contribution in [0.4, 0.5) is 4.39 Å². The molecule has 0 N–H and O–H groups in total. The van der Waals surface area contributed by atoms with E-state index < -0.39 is 0 Å². The number of piperidine rings is 1. The van der Waals surface area contributed by atoms with Gasteiger partial charge in [-0.15, -0.1) is 0 Å². The quantitative estimate of drug-likeness (QED) is 0.763. The number of hydrogen-bond donors (Lipinski definition) is 0. The molecular weight excluding hydrogens is 355 g/mol. The summed E-state index contributed by atoms with van der Waals surface area (Å²) < 4.78 is 15.7. The summed E-state index contributed by atoms with van der Waals surface area (Å²) in [6, 6.07) is 7.02. The topological polar surface area (TPSA) is 41.4 Å². The van der Waals surface area contributed by atoms with Crippen molar-refractivity contribution in [1.82, 2.24) is 19.6 Å². The highest BCUT2D eigenvalue weighted by molar-refractivity contribution is 5.91. The number of nitrogens with zero attached hydrogens (tertiary/aromatic N) is 4. The minimum Gasteiger partial charge on any atom is -0.339 e. The highest BCUT2D eigenvalue weighted by Crippen LogP contribution is 2.39. The van der Waals surface area contributed by atoms with Crippen LogP contribution in [0.2, 0.25) is 0 Å². The van der Waals surface area contributed by atoms with Crippen molar-refractivity contribution >= 4 is 12.0 Å². The number of amides is 1. The van der Waals surface area contributed by atoms with E-state index in [4.69, 9.17) is 0 Å². The van der Waals surface area contributed by atoms with Crippen LogP contribution >= 0.6 is 0 Å². The molecule has 0 radical (unpaired) electrons. The Kier molecular flexibility index (Phi) is 5.31. The van der Waals surface area contributed by atoms with Crippen molar-refractivity contribution in [2.24, 2.45) is 12.5 Å². The van der Waals surface area contributed by atoms with Gasteiger partial charge in [-0.3, -0.25) is 14.4 Å². The molecule has 4 rings (SSSR count). The van der Waals surface area contributed by atoms with Gasteiger partial charge >= 0.3 is 0 Å². The van der Waals surface area contributed by atoms with E-state index >= 15 is 0 Å². The lowest BCUT2D eigenvalue weighted by molar-refractivity contribution is -0.125. The van der Waals surface area contributed by atoms with Gasteiger partial charge in [-0.1, -0.05) is 18.2 Å². The van der Waals surface area contributed by atoms with E-state index in [0.29, 0.717) is 6.54 Å².